The summed E-state index contributed by atoms with van der Waals surface area (Å²) in [6.07, 6.45) is 1.21. The van der Waals surface area contributed by atoms with Crippen molar-refractivity contribution in [3.8, 4) is 5.88 Å². The average molecular weight is 319 g/mol. The monoisotopic (exact) mass is 318 g/mol. The quantitative estimate of drug-likeness (QED) is 0.524. The molecule has 0 fully saturated rings. The molecule has 0 aliphatic carbocycles. The number of halogens is 2. The van der Waals surface area contributed by atoms with Crippen molar-refractivity contribution in [3.05, 3.63) is 38.1 Å². The molecule has 108 valence electrons. The maximum absolute atomic E-state index is 10.9. The van der Waals surface area contributed by atoms with Crippen molar-refractivity contribution >= 4 is 29.0 Å². The Morgan fingerprint density at radius 1 is 1.55 bits per heavy atom. The molecule has 0 radical (unpaired) electrons. The summed E-state index contributed by atoms with van der Waals surface area (Å²) in [7, 11) is 0. The van der Waals surface area contributed by atoms with Gasteiger partial charge in [0, 0.05) is 17.2 Å². The lowest BCUT2D eigenvalue weighted by Crippen LogP contribution is -2.27. The minimum Gasteiger partial charge on any atom is -0.474 e. The van der Waals surface area contributed by atoms with E-state index in [1.54, 1.807) is 6.07 Å². The van der Waals surface area contributed by atoms with Crippen molar-refractivity contribution in [1.82, 2.24) is 10.2 Å². The molecule has 2 rings (SSSR count). The molecule has 1 aromatic heterocycles. The number of nitrogens with one attached hydrogen (secondary N) is 1. The van der Waals surface area contributed by atoms with Gasteiger partial charge in [-0.3, -0.25) is 15.2 Å². The predicted molar refractivity (Wildman–Crippen MR) is 75.5 cm³/mol. The van der Waals surface area contributed by atoms with Crippen LogP contribution in [0.4, 0.5) is 5.82 Å². The lowest BCUT2D eigenvalue weighted by Gasteiger charge is -2.23. The van der Waals surface area contributed by atoms with Crippen LogP contribution in [0, 0.1) is 10.1 Å². The fraction of sp³-hybridized carbons (Fsp3) is 0.364. The number of aromatic nitrogens is 2. The third kappa shape index (κ3) is 3.05. The van der Waals surface area contributed by atoms with Gasteiger partial charge in [0.05, 0.1) is 17.6 Å². The van der Waals surface area contributed by atoms with Crippen LogP contribution in [0.1, 0.15) is 13.8 Å². The summed E-state index contributed by atoms with van der Waals surface area (Å²) >= 11 is 11.9. The second-order valence-corrected chi connectivity index (χ2v) is 5.21. The summed E-state index contributed by atoms with van der Waals surface area (Å²) in [5, 5.41) is 17.9. The molecule has 0 amide bonds. The Labute approximate surface area is 124 Å². The lowest BCUT2D eigenvalue weighted by atomic mass is 10.3. The molecule has 20 heavy (non-hydrogen) atoms. The normalized spacial score (nSPS) is 15.7. The Morgan fingerprint density at radius 3 is 2.85 bits per heavy atom. The molecule has 1 aliphatic heterocycles. The van der Waals surface area contributed by atoms with E-state index in [4.69, 9.17) is 27.9 Å². The first kappa shape index (κ1) is 14.7. The molecule has 0 aromatic carbocycles. The van der Waals surface area contributed by atoms with Crippen LogP contribution >= 0.6 is 23.2 Å². The molecule has 1 aliphatic rings. The van der Waals surface area contributed by atoms with Gasteiger partial charge in [-0.2, -0.15) is 0 Å². The largest absolute Gasteiger partial charge is 0.474 e. The van der Waals surface area contributed by atoms with Crippen LogP contribution in [-0.4, -0.2) is 27.8 Å². The number of rotatable bonds is 4. The highest BCUT2D eigenvalue weighted by atomic mass is 35.5. The van der Waals surface area contributed by atoms with E-state index < -0.39 is 4.92 Å². The molecule has 0 bridgehead atoms. The highest BCUT2D eigenvalue weighted by molar-refractivity contribution is 6.34. The standard InChI is InChI=1S/C11H12Cl2N4O3/c1-6(2)20-10-4-9(14-15-10)16-5-7(12)3-8(11(16)13)17(18)19/h3-4,6H,5H2,1-2H3,(H,14,15). The SMILES string of the molecule is CC(C)Oc1cc(N2CC(Cl)=CC([N+](=O)[O-])=C2Cl)[nH]n1. The van der Waals surface area contributed by atoms with Gasteiger partial charge in [0.2, 0.25) is 5.88 Å². The molecule has 7 nitrogen and oxygen atoms in total. The van der Waals surface area contributed by atoms with Crippen molar-refractivity contribution in [2.24, 2.45) is 0 Å². The molecule has 2 heterocycles. The van der Waals surface area contributed by atoms with E-state index in [2.05, 4.69) is 10.2 Å². The number of aromatic amines is 1. The molecular formula is C11H12Cl2N4O3. The molecule has 0 saturated heterocycles. The first-order valence-electron chi connectivity index (χ1n) is 5.78. The van der Waals surface area contributed by atoms with Crippen molar-refractivity contribution in [1.29, 1.82) is 0 Å². The molecular weight excluding hydrogens is 307 g/mol. The molecule has 0 atom stereocenters. The van der Waals surface area contributed by atoms with Crippen LogP contribution in [0.25, 0.3) is 0 Å². The number of hydrogen-bond acceptors (Lipinski definition) is 5. The van der Waals surface area contributed by atoms with Gasteiger partial charge in [0.15, 0.2) is 5.16 Å². The van der Waals surface area contributed by atoms with Crippen LogP contribution in [0.5, 0.6) is 5.88 Å². The highest BCUT2D eigenvalue weighted by Gasteiger charge is 2.28. The van der Waals surface area contributed by atoms with Gasteiger partial charge < -0.3 is 9.64 Å². The molecule has 0 unspecified atom stereocenters. The number of ether oxygens (including phenoxy) is 1. The van der Waals surface area contributed by atoms with E-state index in [0.29, 0.717) is 16.7 Å². The molecule has 0 saturated carbocycles. The van der Waals surface area contributed by atoms with Crippen LogP contribution in [-0.2, 0) is 0 Å². The summed E-state index contributed by atoms with van der Waals surface area (Å²) in [5.74, 6) is 0.851. The summed E-state index contributed by atoms with van der Waals surface area (Å²) in [6.45, 7) is 3.96. The van der Waals surface area contributed by atoms with E-state index >= 15 is 0 Å². The second-order valence-electron chi connectivity index (χ2n) is 4.37. The van der Waals surface area contributed by atoms with Crippen molar-refractivity contribution in [3.63, 3.8) is 0 Å². The number of nitrogens with zero attached hydrogens (tertiary/aromatic N) is 3. The van der Waals surface area contributed by atoms with Gasteiger partial charge in [-0.15, -0.1) is 5.10 Å². The zero-order chi connectivity index (χ0) is 14.9. The topological polar surface area (TPSA) is 84.3 Å². The first-order valence-corrected chi connectivity index (χ1v) is 6.54. The van der Waals surface area contributed by atoms with Gasteiger partial charge in [0.1, 0.15) is 5.82 Å². The molecule has 1 N–H and O–H groups in total. The zero-order valence-electron chi connectivity index (χ0n) is 10.8. The van der Waals surface area contributed by atoms with Gasteiger partial charge in [-0.1, -0.05) is 23.2 Å². The van der Waals surface area contributed by atoms with Crippen LogP contribution < -0.4 is 9.64 Å². The number of allylic oxidation sites excluding steroid dienone is 1. The third-order valence-electron chi connectivity index (χ3n) is 2.44. The molecule has 0 spiro atoms. The highest BCUT2D eigenvalue weighted by Crippen LogP contribution is 2.31. The number of anilines is 1. The van der Waals surface area contributed by atoms with Gasteiger partial charge in [-0.25, -0.2) is 0 Å². The lowest BCUT2D eigenvalue weighted by molar-refractivity contribution is -0.419. The Hall–Kier alpha value is -1.73. The first-order chi connectivity index (χ1) is 9.38. The summed E-state index contributed by atoms with van der Waals surface area (Å²) in [4.78, 5) is 11.8. The van der Waals surface area contributed by atoms with E-state index in [-0.39, 0.29) is 23.5 Å². The van der Waals surface area contributed by atoms with Crippen LogP contribution in [0.15, 0.2) is 28.0 Å². The maximum Gasteiger partial charge on any atom is 0.305 e. The average Bonchev–Trinajstić information content (AvgIpc) is 2.78. The Balaban J connectivity index is 2.31. The fourth-order valence-corrected chi connectivity index (χ4v) is 2.16. The number of hydrogen-bond donors (Lipinski definition) is 1. The van der Waals surface area contributed by atoms with Gasteiger partial charge in [-0.05, 0) is 13.8 Å². The summed E-state index contributed by atoms with van der Waals surface area (Å²) < 4.78 is 5.41. The smallest absolute Gasteiger partial charge is 0.305 e. The number of nitro groups is 1. The van der Waals surface area contributed by atoms with E-state index in [0.717, 1.165) is 0 Å². The van der Waals surface area contributed by atoms with Crippen molar-refractivity contribution in [2.45, 2.75) is 20.0 Å². The Kier molecular flexibility index (Phi) is 4.20. The third-order valence-corrected chi connectivity index (χ3v) is 3.06. The van der Waals surface area contributed by atoms with Gasteiger partial charge in [0.25, 0.3) is 0 Å². The summed E-state index contributed by atoms with van der Waals surface area (Å²) in [5.41, 5.74) is -0.260. The molecule has 9 heteroatoms. The fourth-order valence-electron chi connectivity index (χ4n) is 1.67. The Bertz CT molecular complexity index is 594. The van der Waals surface area contributed by atoms with Crippen molar-refractivity contribution in [2.75, 3.05) is 11.4 Å². The van der Waals surface area contributed by atoms with Crippen LogP contribution in [0.3, 0.4) is 0 Å². The zero-order valence-corrected chi connectivity index (χ0v) is 12.3. The van der Waals surface area contributed by atoms with Gasteiger partial charge >= 0.3 is 5.70 Å². The van der Waals surface area contributed by atoms with E-state index in [1.807, 2.05) is 13.8 Å². The van der Waals surface area contributed by atoms with E-state index in [1.165, 1.54) is 11.0 Å². The molecule has 1 aromatic rings. The second kappa shape index (κ2) is 5.72. The predicted octanol–water partition coefficient (Wildman–Crippen LogP) is 2.82. The van der Waals surface area contributed by atoms with E-state index in [9.17, 15) is 10.1 Å². The Morgan fingerprint density at radius 2 is 2.25 bits per heavy atom. The maximum atomic E-state index is 10.9. The number of H-pyrrole nitrogens is 1. The summed E-state index contributed by atoms with van der Waals surface area (Å²) in [6, 6.07) is 1.61. The van der Waals surface area contributed by atoms with Crippen LogP contribution in [0.2, 0.25) is 0 Å². The van der Waals surface area contributed by atoms with Crippen molar-refractivity contribution < 1.29 is 9.66 Å². The minimum absolute atomic E-state index is 0.0286. The minimum atomic E-state index is -0.585.